The van der Waals surface area contributed by atoms with E-state index in [4.69, 9.17) is 0 Å². The highest BCUT2D eigenvalue weighted by atomic mass is 19.4. The number of hydrogen-bond donors (Lipinski definition) is 2. The van der Waals surface area contributed by atoms with E-state index in [2.05, 4.69) is 15.6 Å². The Kier molecular flexibility index (Phi) is 5.97. The van der Waals surface area contributed by atoms with Crippen LogP contribution in [0.15, 0.2) is 42.6 Å². The third-order valence-corrected chi connectivity index (χ3v) is 3.32. The second-order valence-corrected chi connectivity index (χ2v) is 5.69. The maximum Gasteiger partial charge on any atom is 0.416 e. The normalized spacial score (nSPS) is 11.4. The lowest BCUT2D eigenvalue weighted by Gasteiger charge is -2.11. The van der Waals surface area contributed by atoms with E-state index in [-0.39, 0.29) is 11.6 Å². The third-order valence-electron chi connectivity index (χ3n) is 3.32. The second-order valence-electron chi connectivity index (χ2n) is 5.69. The summed E-state index contributed by atoms with van der Waals surface area (Å²) in [5, 5.41) is 5.57. The molecule has 0 spiro atoms. The number of nitrogens with one attached hydrogen (secondary N) is 2. The molecule has 0 saturated carbocycles. The molecular formula is C17H19F3N4O. The van der Waals surface area contributed by atoms with Gasteiger partial charge in [-0.25, -0.2) is 4.98 Å². The van der Waals surface area contributed by atoms with Gasteiger partial charge >= 0.3 is 6.18 Å². The first-order valence-electron chi connectivity index (χ1n) is 7.59. The number of carbonyl (C=O) groups is 1. The maximum absolute atomic E-state index is 12.7. The van der Waals surface area contributed by atoms with Gasteiger partial charge in [0.25, 0.3) is 5.91 Å². The number of nitrogens with zero attached hydrogens (tertiary/aromatic N) is 2. The van der Waals surface area contributed by atoms with E-state index in [1.807, 2.05) is 19.0 Å². The van der Waals surface area contributed by atoms with Crippen LogP contribution in [-0.4, -0.2) is 43.0 Å². The number of likely N-dealkylation sites (N-methyl/N-ethyl adjacent to an activating group) is 1. The van der Waals surface area contributed by atoms with Crippen molar-refractivity contribution in [1.29, 1.82) is 0 Å². The highest BCUT2D eigenvalue weighted by molar-refractivity contribution is 5.92. The molecular weight excluding hydrogens is 333 g/mol. The van der Waals surface area contributed by atoms with Crippen LogP contribution in [-0.2, 0) is 6.18 Å². The van der Waals surface area contributed by atoms with Crippen molar-refractivity contribution in [2.45, 2.75) is 6.18 Å². The molecule has 2 rings (SSSR count). The number of benzene rings is 1. The molecule has 0 radical (unpaired) electrons. The van der Waals surface area contributed by atoms with Crippen LogP contribution in [0.4, 0.5) is 24.5 Å². The lowest BCUT2D eigenvalue weighted by Crippen LogP contribution is -2.31. The summed E-state index contributed by atoms with van der Waals surface area (Å²) in [6.07, 6.45) is -2.99. The Morgan fingerprint density at radius 1 is 1.16 bits per heavy atom. The number of rotatable bonds is 6. The topological polar surface area (TPSA) is 57.3 Å². The van der Waals surface area contributed by atoms with Crippen molar-refractivity contribution in [2.24, 2.45) is 0 Å². The molecule has 0 saturated heterocycles. The van der Waals surface area contributed by atoms with E-state index < -0.39 is 11.7 Å². The van der Waals surface area contributed by atoms with Gasteiger partial charge in [-0.3, -0.25) is 4.79 Å². The number of anilines is 2. The number of amides is 1. The van der Waals surface area contributed by atoms with Crippen LogP contribution in [0.5, 0.6) is 0 Å². The van der Waals surface area contributed by atoms with E-state index in [1.165, 1.54) is 24.4 Å². The van der Waals surface area contributed by atoms with Crippen LogP contribution < -0.4 is 10.6 Å². The van der Waals surface area contributed by atoms with Crippen LogP contribution in [0.3, 0.4) is 0 Å². The minimum absolute atomic E-state index is 0.244. The smallest absolute Gasteiger partial charge is 0.354 e. The van der Waals surface area contributed by atoms with Crippen molar-refractivity contribution in [3.8, 4) is 0 Å². The Labute approximate surface area is 143 Å². The SMILES string of the molecule is CN(C)CCNC(=O)c1ccc(Nc2cccc(C(F)(F)F)c2)cn1. The van der Waals surface area contributed by atoms with Crippen molar-refractivity contribution in [3.63, 3.8) is 0 Å². The Hall–Kier alpha value is -2.61. The van der Waals surface area contributed by atoms with E-state index in [0.717, 1.165) is 12.1 Å². The fourth-order valence-electron chi connectivity index (χ4n) is 2.03. The fraction of sp³-hybridized carbons (Fsp3) is 0.294. The molecule has 0 bridgehead atoms. The largest absolute Gasteiger partial charge is 0.416 e. The molecule has 0 aliphatic heterocycles. The summed E-state index contributed by atoms with van der Waals surface area (Å²) >= 11 is 0. The average Bonchev–Trinajstić information content (AvgIpc) is 2.54. The lowest BCUT2D eigenvalue weighted by atomic mass is 10.2. The molecule has 0 aliphatic carbocycles. The number of halogens is 3. The highest BCUT2D eigenvalue weighted by Gasteiger charge is 2.30. The summed E-state index contributed by atoms with van der Waals surface area (Å²) in [7, 11) is 3.80. The van der Waals surface area contributed by atoms with Gasteiger partial charge in [0.1, 0.15) is 5.69 Å². The summed E-state index contributed by atoms with van der Waals surface area (Å²) < 4.78 is 38.1. The van der Waals surface area contributed by atoms with E-state index in [1.54, 1.807) is 6.07 Å². The van der Waals surface area contributed by atoms with Gasteiger partial charge < -0.3 is 15.5 Å². The van der Waals surface area contributed by atoms with Gasteiger partial charge in [-0.05, 0) is 44.4 Å². The van der Waals surface area contributed by atoms with Crippen molar-refractivity contribution >= 4 is 17.3 Å². The van der Waals surface area contributed by atoms with Gasteiger partial charge in [0.05, 0.1) is 17.4 Å². The van der Waals surface area contributed by atoms with Crippen LogP contribution >= 0.6 is 0 Å². The zero-order valence-electron chi connectivity index (χ0n) is 13.9. The zero-order chi connectivity index (χ0) is 18.4. The van der Waals surface area contributed by atoms with Crippen LogP contribution in [0.25, 0.3) is 0 Å². The molecule has 2 aromatic rings. The van der Waals surface area contributed by atoms with Gasteiger partial charge in [0, 0.05) is 18.8 Å². The molecule has 5 nitrogen and oxygen atoms in total. The summed E-state index contributed by atoms with van der Waals surface area (Å²) in [6.45, 7) is 1.21. The summed E-state index contributed by atoms with van der Waals surface area (Å²) in [4.78, 5) is 17.9. The third kappa shape index (κ3) is 5.75. The Morgan fingerprint density at radius 2 is 1.92 bits per heavy atom. The first-order valence-corrected chi connectivity index (χ1v) is 7.59. The monoisotopic (exact) mass is 352 g/mol. The van der Waals surface area contributed by atoms with Crippen LogP contribution in [0.2, 0.25) is 0 Å². The zero-order valence-corrected chi connectivity index (χ0v) is 13.9. The Morgan fingerprint density at radius 3 is 2.52 bits per heavy atom. The van der Waals surface area contributed by atoms with Crippen molar-refractivity contribution < 1.29 is 18.0 Å². The second kappa shape index (κ2) is 7.98. The molecule has 0 fully saturated rings. The molecule has 2 N–H and O–H groups in total. The van der Waals surface area contributed by atoms with E-state index in [0.29, 0.717) is 24.5 Å². The minimum Gasteiger partial charge on any atom is -0.354 e. The van der Waals surface area contributed by atoms with E-state index in [9.17, 15) is 18.0 Å². The number of carbonyl (C=O) groups excluding carboxylic acids is 1. The number of alkyl halides is 3. The van der Waals surface area contributed by atoms with Crippen LogP contribution in [0.1, 0.15) is 16.1 Å². The van der Waals surface area contributed by atoms with Crippen LogP contribution in [0, 0.1) is 0 Å². The number of hydrogen-bond acceptors (Lipinski definition) is 4. The highest BCUT2D eigenvalue weighted by Crippen LogP contribution is 2.31. The standard InChI is InChI=1S/C17H19F3N4O/c1-24(2)9-8-21-16(25)15-7-6-14(11-22-15)23-13-5-3-4-12(10-13)17(18,19)20/h3-7,10-11,23H,8-9H2,1-2H3,(H,21,25). The predicted molar refractivity (Wildman–Crippen MR) is 89.9 cm³/mol. The molecule has 1 aromatic heterocycles. The number of aromatic nitrogens is 1. The maximum atomic E-state index is 12.7. The van der Waals surface area contributed by atoms with Gasteiger partial charge in [-0.2, -0.15) is 13.2 Å². The fourth-order valence-corrected chi connectivity index (χ4v) is 2.03. The molecule has 1 aromatic carbocycles. The first-order chi connectivity index (χ1) is 11.8. The van der Waals surface area contributed by atoms with Crippen molar-refractivity contribution in [3.05, 3.63) is 53.9 Å². The summed E-state index contributed by atoms with van der Waals surface area (Å²) in [6, 6.07) is 7.98. The predicted octanol–water partition coefficient (Wildman–Crippen LogP) is 3.14. The molecule has 1 heterocycles. The first kappa shape index (κ1) is 18.7. The van der Waals surface area contributed by atoms with Gasteiger partial charge in [-0.15, -0.1) is 0 Å². The average molecular weight is 352 g/mol. The molecule has 0 aliphatic rings. The van der Waals surface area contributed by atoms with Crippen molar-refractivity contribution in [1.82, 2.24) is 15.2 Å². The lowest BCUT2D eigenvalue weighted by molar-refractivity contribution is -0.137. The molecule has 0 unspecified atom stereocenters. The molecule has 8 heteroatoms. The Bertz CT molecular complexity index is 715. The van der Waals surface area contributed by atoms with Gasteiger partial charge in [-0.1, -0.05) is 6.07 Å². The number of pyridine rings is 1. The quantitative estimate of drug-likeness (QED) is 0.839. The Balaban J connectivity index is 2.00. The molecule has 1 amide bonds. The van der Waals surface area contributed by atoms with Crippen molar-refractivity contribution in [2.75, 3.05) is 32.5 Å². The summed E-state index contributed by atoms with van der Waals surface area (Å²) in [5.74, 6) is -0.299. The van der Waals surface area contributed by atoms with E-state index >= 15 is 0 Å². The molecule has 25 heavy (non-hydrogen) atoms. The molecule has 134 valence electrons. The molecule has 0 atom stereocenters. The van der Waals surface area contributed by atoms with Gasteiger partial charge in [0.2, 0.25) is 0 Å². The van der Waals surface area contributed by atoms with Gasteiger partial charge in [0.15, 0.2) is 0 Å². The minimum atomic E-state index is -4.40. The summed E-state index contributed by atoms with van der Waals surface area (Å²) in [5.41, 5.74) is 0.291.